The molecule has 0 bridgehead atoms. The number of thioether (sulfide) groups is 1. The number of ether oxygens (including phenoxy) is 1. The van der Waals surface area contributed by atoms with Crippen LogP contribution < -0.4 is 10.5 Å². The molecule has 0 saturated carbocycles. The maximum absolute atomic E-state index is 9.55. The number of carboxylic acids is 2. The van der Waals surface area contributed by atoms with Gasteiger partial charge in [-0.3, -0.25) is 0 Å². The zero-order chi connectivity index (χ0) is 21.8. The first kappa shape index (κ1) is 24.0. The van der Waals surface area contributed by atoms with E-state index in [1.54, 1.807) is 30.0 Å². The number of nitrogens with two attached hydrogens (primary N) is 1. The molecule has 0 amide bonds. The van der Waals surface area contributed by atoms with Crippen LogP contribution in [0.25, 0.3) is 0 Å². The Morgan fingerprint density at radius 3 is 2.38 bits per heavy atom. The lowest BCUT2D eigenvalue weighted by Crippen LogP contribution is -2.00. The summed E-state index contributed by atoms with van der Waals surface area (Å²) >= 11 is 7.65. The highest BCUT2D eigenvalue weighted by Crippen LogP contribution is 2.37. The van der Waals surface area contributed by atoms with E-state index in [0.29, 0.717) is 40.8 Å². The first-order chi connectivity index (χ1) is 13.8. The van der Waals surface area contributed by atoms with Crippen LogP contribution in [0.2, 0.25) is 5.02 Å². The molecule has 0 saturated heterocycles. The Balaban J connectivity index is 0.000000447. The van der Waals surface area contributed by atoms with E-state index in [1.165, 1.54) is 0 Å². The number of hydrogen-bond donors (Lipinski definition) is 3. The molecule has 7 nitrogen and oxygen atoms in total. The summed E-state index contributed by atoms with van der Waals surface area (Å²) in [5.74, 6) is -0.450. The van der Waals surface area contributed by atoms with Crippen LogP contribution in [0.1, 0.15) is 18.1 Å². The molecule has 0 atom stereocenters. The molecule has 2 aromatic rings. The number of carboxylic acid groups (broad SMARTS) is 2. The molecule has 0 aliphatic heterocycles. The predicted molar refractivity (Wildman–Crippen MR) is 111 cm³/mol. The lowest BCUT2D eigenvalue weighted by atomic mass is 10.2. The van der Waals surface area contributed by atoms with Crippen molar-refractivity contribution in [3.8, 4) is 17.6 Å². The lowest BCUT2D eigenvalue weighted by molar-refractivity contribution is -0.134. The molecule has 0 aliphatic rings. The number of aliphatic carboxylic acids is 2. The monoisotopic (exact) mass is 434 g/mol. The molecule has 0 unspecified atom stereocenters. The number of halogens is 1. The van der Waals surface area contributed by atoms with Gasteiger partial charge in [-0.05, 0) is 29.5 Å². The van der Waals surface area contributed by atoms with Crippen LogP contribution in [0.3, 0.4) is 0 Å². The van der Waals surface area contributed by atoms with Crippen molar-refractivity contribution < 1.29 is 24.5 Å². The smallest absolute Gasteiger partial charge is 0.328 e. The first-order valence-electron chi connectivity index (χ1n) is 8.28. The quantitative estimate of drug-likeness (QED) is 0.434. The number of benzene rings is 2. The number of rotatable bonds is 7. The molecule has 2 aromatic carbocycles. The van der Waals surface area contributed by atoms with Gasteiger partial charge in [0.15, 0.2) is 0 Å². The second-order valence-electron chi connectivity index (χ2n) is 5.25. The van der Waals surface area contributed by atoms with Crippen molar-refractivity contribution in [2.45, 2.75) is 18.4 Å². The van der Waals surface area contributed by atoms with E-state index in [1.807, 2.05) is 18.2 Å². The average molecular weight is 435 g/mol. The highest BCUT2D eigenvalue weighted by Gasteiger charge is 2.12. The van der Waals surface area contributed by atoms with Gasteiger partial charge >= 0.3 is 11.9 Å². The molecule has 0 heterocycles. The van der Waals surface area contributed by atoms with E-state index in [-0.39, 0.29) is 0 Å². The van der Waals surface area contributed by atoms with Crippen LogP contribution in [-0.2, 0) is 16.1 Å². The van der Waals surface area contributed by atoms with E-state index in [2.05, 4.69) is 13.0 Å². The second-order valence-corrected chi connectivity index (χ2v) is 6.96. The summed E-state index contributed by atoms with van der Waals surface area (Å²) in [6.07, 6.45) is 1.12. The maximum atomic E-state index is 9.55. The molecule has 2 rings (SSSR count). The van der Waals surface area contributed by atoms with Gasteiger partial charge in [0.1, 0.15) is 17.6 Å². The Kier molecular flexibility index (Phi) is 10.3. The third kappa shape index (κ3) is 8.27. The van der Waals surface area contributed by atoms with Crippen molar-refractivity contribution >= 4 is 35.3 Å². The molecule has 0 radical (unpaired) electrons. The van der Waals surface area contributed by atoms with Crippen molar-refractivity contribution in [3.63, 3.8) is 0 Å². The van der Waals surface area contributed by atoms with Crippen LogP contribution >= 0.6 is 23.4 Å². The van der Waals surface area contributed by atoms with Crippen LogP contribution in [0, 0.1) is 11.3 Å². The molecular weight excluding hydrogens is 416 g/mol. The zero-order valence-electron chi connectivity index (χ0n) is 15.5. The van der Waals surface area contributed by atoms with E-state index in [0.717, 1.165) is 16.2 Å². The SMILES string of the molecule is CCSc1c(CN)cccc1Oc1cc(Cl)ccc1C#N.O=C(O)C=CC(=O)O. The van der Waals surface area contributed by atoms with Crippen molar-refractivity contribution in [3.05, 3.63) is 64.7 Å². The van der Waals surface area contributed by atoms with Gasteiger partial charge in [0.25, 0.3) is 0 Å². The Hall–Kier alpha value is -2.99. The summed E-state index contributed by atoms with van der Waals surface area (Å²) in [5, 5.41) is 25.3. The Bertz CT molecular complexity index is 925. The van der Waals surface area contributed by atoms with Crippen molar-refractivity contribution in [2.75, 3.05) is 5.75 Å². The molecule has 4 N–H and O–H groups in total. The number of nitriles is 1. The fourth-order valence-electron chi connectivity index (χ4n) is 2.04. The Morgan fingerprint density at radius 2 is 1.86 bits per heavy atom. The lowest BCUT2D eigenvalue weighted by Gasteiger charge is -2.14. The molecule has 0 aromatic heterocycles. The predicted octanol–water partition coefficient (Wildman–Crippen LogP) is 4.29. The topological polar surface area (TPSA) is 134 Å². The summed E-state index contributed by atoms with van der Waals surface area (Å²) in [4.78, 5) is 20.1. The molecule has 0 spiro atoms. The van der Waals surface area contributed by atoms with Gasteiger partial charge < -0.3 is 20.7 Å². The minimum absolute atomic E-state index is 0.445. The first-order valence-corrected chi connectivity index (χ1v) is 9.64. The normalized spacial score (nSPS) is 10.0. The van der Waals surface area contributed by atoms with Crippen LogP contribution in [0.4, 0.5) is 0 Å². The van der Waals surface area contributed by atoms with Gasteiger partial charge in [-0.1, -0.05) is 30.7 Å². The van der Waals surface area contributed by atoms with Crippen LogP contribution in [-0.4, -0.2) is 27.9 Å². The summed E-state index contributed by atoms with van der Waals surface area (Å²) in [7, 11) is 0. The third-order valence-corrected chi connectivity index (χ3v) is 4.50. The highest BCUT2D eigenvalue weighted by molar-refractivity contribution is 7.99. The second kappa shape index (κ2) is 12.5. The number of nitrogens with zero attached hydrogens (tertiary/aromatic N) is 1. The number of carbonyl (C=O) groups is 2. The van der Waals surface area contributed by atoms with Crippen LogP contribution in [0.15, 0.2) is 53.4 Å². The van der Waals surface area contributed by atoms with Gasteiger partial charge in [-0.2, -0.15) is 5.26 Å². The van der Waals surface area contributed by atoms with Crippen molar-refractivity contribution in [1.29, 1.82) is 5.26 Å². The number of hydrogen-bond acceptors (Lipinski definition) is 6. The molecule has 0 fully saturated rings. The van der Waals surface area contributed by atoms with E-state index in [9.17, 15) is 9.59 Å². The highest BCUT2D eigenvalue weighted by atomic mass is 35.5. The molecule has 152 valence electrons. The summed E-state index contributed by atoms with van der Waals surface area (Å²) in [6.45, 7) is 2.52. The maximum Gasteiger partial charge on any atom is 0.328 e. The average Bonchev–Trinajstić information content (AvgIpc) is 2.68. The molecule has 0 aliphatic carbocycles. The van der Waals surface area contributed by atoms with E-state index >= 15 is 0 Å². The van der Waals surface area contributed by atoms with Crippen LogP contribution in [0.5, 0.6) is 11.5 Å². The minimum Gasteiger partial charge on any atom is -0.478 e. The Labute approximate surface area is 177 Å². The van der Waals surface area contributed by atoms with E-state index in [4.69, 9.17) is 37.5 Å². The van der Waals surface area contributed by atoms with Gasteiger partial charge in [-0.15, -0.1) is 11.8 Å². The molecular formula is C20H19ClN2O5S. The van der Waals surface area contributed by atoms with Gasteiger partial charge in [0, 0.05) is 29.8 Å². The molecule has 29 heavy (non-hydrogen) atoms. The minimum atomic E-state index is -1.26. The summed E-state index contributed by atoms with van der Waals surface area (Å²) in [5.41, 5.74) is 7.26. The third-order valence-electron chi connectivity index (χ3n) is 3.22. The van der Waals surface area contributed by atoms with Crippen molar-refractivity contribution in [1.82, 2.24) is 0 Å². The van der Waals surface area contributed by atoms with Gasteiger partial charge in [-0.25, -0.2) is 9.59 Å². The fourth-order valence-corrected chi connectivity index (χ4v) is 3.08. The van der Waals surface area contributed by atoms with Gasteiger partial charge in [0.2, 0.25) is 0 Å². The largest absolute Gasteiger partial charge is 0.478 e. The molecule has 9 heteroatoms. The van der Waals surface area contributed by atoms with E-state index < -0.39 is 11.9 Å². The van der Waals surface area contributed by atoms with Gasteiger partial charge in [0.05, 0.1) is 10.5 Å². The summed E-state index contributed by atoms with van der Waals surface area (Å²) in [6, 6.07) is 12.8. The Morgan fingerprint density at radius 1 is 1.21 bits per heavy atom. The summed E-state index contributed by atoms with van der Waals surface area (Å²) < 4.78 is 5.92. The fraction of sp³-hybridized carbons (Fsp3) is 0.150. The standard InChI is InChI=1S/C16H15ClN2OS.C4H4O4/c1-2-21-16-12(10-19)4-3-5-14(16)20-15-8-13(17)7-6-11(15)9-18;5-3(6)1-2-4(7)8/h3-8H,2,10,19H2,1H3;1-2H,(H,5,6)(H,7,8). The zero-order valence-corrected chi connectivity index (χ0v) is 17.0. The van der Waals surface area contributed by atoms with Crippen molar-refractivity contribution in [2.24, 2.45) is 5.73 Å².